The van der Waals surface area contributed by atoms with E-state index < -0.39 is 6.04 Å². The average Bonchev–Trinajstić information content (AvgIpc) is 3.16. The number of hydrogen-bond donors (Lipinski definition) is 1. The fourth-order valence-electron chi connectivity index (χ4n) is 2.93. The third kappa shape index (κ3) is 4.48. The average molecular weight is 342 g/mol. The van der Waals surface area contributed by atoms with Gasteiger partial charge in [0.05, 0.1) is 19.0 Å². The number of furan rings is 1. The Balaban J connectivity index is 1.75. The van der Waals surface area contributed by atoms with Crippen LogP contribution >= 0.6 is 0 Å². The highest BCUT2D eigenvalue weighted by molar-refractivity contribution is 5.95. The number of ether oxygens (including phenoxy) is 1. The monoisotopic (exact) mass is 342 g/mol. The Bertz CT molecular complexity index is 699. The molecule has 0 saturated carbocycles. The van der Waals surface area contributed by atoms with Crippen molar-refractivity contribution in [3.05, 3.63) is 60.1 Å². The predicted octanol–water partition coefficient (Wildman–Crippen LogP) is 1.87. The van der Waals surface area contributed by atoms with Crippen LogP contribution in [-0.2, 0) is 16.0 Å². The Kier molecular flexibility index (Phi) is 5.50. The van der Waals surface area contributed by atoms with Gasteiger partial charge in [-0.3, -0.25) is 9.59 Å². The lowest BCUT2D eigenvalue weighted by Crippen LogP contribution is -2.54. The van der Waals surface area contributed by atoms with Crippen LogP contribution in [0.15, 0.2) is 53.1 Å². The summed E-state index contributed by atoms with van der Waals surface area (Å²) in [4.78, 5) is 27.1. The van der Waals surface area contributed by atoms with Crippen molar-refractivity contribution in [1.82, 2.24) is 10.2 Å². The van der Waals surface area contributed by atoms with Crippen molar-refractivity contribution in [2.75, 3.05) is 19.7 Å². The summed E-state index contributed by atoms with van der Waals surface area (Å²) >= 11 is 0. The molecule has 3 rings (SSSR count). The summed E-state index contributed by atoms with van der Waals surface area (Å²) in [7, 11) is 0. The molecule has 1 N–H and O–H groups in total. The normalized spacial score (nSPS) is 18.6. The van der Waals surface area contributed by atoms with Crippen molar-refractivity contribution in [2.24, 2.45) is 0 Å². The van der Waals surface area contributed by atoms with Gasteiger partial charge in [-0.15, -0.1) is 0 Å². The lowest BCUT2D eigenvalue weighted by molar-refractivity contribution is -0.140. The van der Waals surface area contributed by atoms with Gasteiger partial charge in [0.1, 0.15) is 6.04 Å². The highest BCUT2D eigenvalue weighted by Crippen LogP contribution is 2.11. The van der Waals surface area contributed by atoms with Crippen LogP contribution in [0.2, 0.25) is 0 Å². The van der Waals surface area contributed by atoms with E-state index in [1.165, 1.54) is 6.26 Å². The maximum absolute atomic E-state index is 13.0. The number of rotatable bonds is 5. The van der Waals surface area contributed by atoms with Crippen LogP contribution in [0.1, 0.15) is 23.0 Å². The van der Waals surface area contributed by atoms with Crippen molar-refractivity contribution in [1.29, 1.82) is 0 Å². The van der Waals surface area contributed by atoms with E-state index in [-0.39, 0.29) is 23.7 Å². The van der Waals surface area contributed by atoms with Gasteiger partial charge in [-0.05, 0) is 24.6 Å². The molecule has 0 spiro atoms. The molecule has 2 amide bonds. The second-order valence-electron chi connectivity index (χ2n) is 6.16. The van der Waals surface area contributed by atoms with Gasteiger partial charge in [-0.2, -0.15) is 0 Å². The van der Waals surface area contributed by atoms with Gasteiger partial charge in [0, 0.05) is 19.5 Å². The molecule has 2 heterocycles. The molecule has 6 nitrogen and oxygen atoms in total. The summed E-state index contributed by atoms with van der Waals surface area (Å²) in [6.07, 6.45) is 1.86. The van der Waals surface area contributed by atoms with Crippen LogP contribution < -0.4 is 5.32 Å². The number of carbonyl (C=O) groups excluding carboxylic acids is 2. The molecule has 1 fully saturated rings. The molecule has 0 aliphatic carbocycles. The van der Waals surface area contributed by atoms with Crippen LogP contribution in [0.3, 0.4) is 0 Å². The van der Waals surface area contributed by atoms with Gasteiger partial charge >= 0.3 is 0 Å². The predicted molar refractivity (Wildman–Crippen MR) is 92.1 cm³/mol. The summed E-state index contributed by atoms with van der Waals surface area (Å²) in [5.74, 6) is -0.291. The number of benzene rings is 1. The topological polar surface area (TPSA) is 71.8 Å². The van der Waals surface area contributed by atoms with E-state index in [1.54, 1.807) is 17.0 Å². The van der Waals surface area contributed by atoms with Gasteiger partial charge in [-0.25, -0.2) is 0 Å². The highest BCUT2D eigenvalue weighted by Gasteiger charge is 2.30. The zero-order valence-corrected chi connectivity index (χ0v) is 14.2. The number of nitrogens with one attached hydrogen (secondary N) is 1. The Morgan fingerprint density at radius 3 is 2.72 bits per heavy atom. The van der Waals surface area contributed by atoms with E-state index in [0.717, 1.165) is 5.56 Å². The fraction of sp³-hybridized carbons (Fsp3) is 0.368. The molecule has 1 aliphatic heterocycles. The van der Waals surface area contributed by atoms with E-state index in [4.69, 9.17) is 9.15 Å². The minimum absolute atomic E-state index is 0.00384. The molecule has 0 radical (unpaired) electrons. The minimum Gasteiger partial charge on any atom is -0.459 e. The summed E-state index contributed by atoms with van der Waals surface area (Å²) in [6.45, 7) is 3.51. The van der Waals surface area contributed by atoms with Crippen LogP contribution in [0.25, 0.3) is 0 Å². The first-order valence-electron chi connectivity index (χ1n) is 8.42. The molecule has 2 aromatic rings. The molecule has 2 atom stereocenters. The first kappa shape index (κ1) is 17.2. The second kappa shape index (κ2) is 7.98. The van der Waals surface area contributed by atoms with Gasteiger partial charge in [0.15, 0.2) is 5.76 Å². The van der Waals surface area contributed by atoms with Crippen molar-refractivity contribution < 1.29 is 18.7 Å². The van der Waals surface area contributed by atoms with Crippen molar-refractivity contribution in [3.8, 4) is 0 Å². The van der Waals surface area contributed by atoms with Crippen LogP contribution in [0.4, 0.5) is 0 Å². The van der Waals surface area contributed by atoms with E-state index in [2.05, 4.69) is 5.32 Å². The minimum atomic E-state index is -0.648. The summed E-state index contributed by atoms with van der Waals surface area (Å²) in [5.41, 5.74) is 0.988. The zero-order valence-electron chi connectivity index (χ0n) is 14.2. The smallest absolute Gasteiger partial charge is 0.287 e. The Hall–Kier alpha value is -2.60. The standard InChI is InChI=1S/C19H22N2O4/c1-14-13-21(9-11-24-14)19(23)16(12-15-6-3-2-4-7-15)20-18(22)17-8-5-10-25-17/h2-8,10,14,16H,9,11-13H2,1H3,(H,20,22). The SMILES string of the molecule is CC1CN(C(=O)C(Cc2ccccc2)NC(=O)c2ccco2)CCO1. The highest BCUT2D eigenvalue weighted by atomic mass is 16.5. The van der Waals surface area contributed by atoms with Gasteiger partial charge < -0.3 is 19.4 Å². The molecule has 132 valence electrons. The largest absolute Gasteiger partial charge is 0.459 e. The van der Waals surface area contributed by atoms with Gasteiger partial charge in [0.2, 0.25) is 5.91 Å². The molecule has 1 saturated heterocycles. The molecule has 1 aliphatic rings. The van der Waals surface area contributed by atoms with Crippen molar-refractivity contribution in [2.45, 2.75) is 25.5 Å². The van der Waals surface area contributed by atoms with Crippen LogP contribution in [0, 0.1) is 0 Å². The lowest BCUT2D eigenvalue weighted by atomic mass is 10.0. The Labute approximate surface area is 146 Å². The first-order valence-corrected chi connectivity index (χ1v) is 8.42. The van der Waals surface area contributed by atoms with E-state index in [9.17, 15) is 9.59 Å². The lowest BCUT2D eigenvalue weighted by Gasteiger charge is -2.33. The molecule has 2 unspecified atom stereocenters. The molecule has 6 heteroatoms. The third-order valence-corrected chi connectivity index (χ3v) is 4.18. The summed E-state index contributed by atoms with van der Waals surface area (Å²) in [5, 5.41) is 2.82. The number of carbonyl (C=O) groups is 2. The third-order valence-electron chi connectivity index (χ3n) is 4.18. The second-order valence-corrected chi connectivity index (χ2v) is 6.16. The van der Waals surface area contributed by atoms with Gasteiger partial charge in [0.25, 0.3) is 5.91 Å². The fourth-order valence-corrected chi connectivity index (χ4v) is 2.93. The molecule has 1 aromatic heterocycles. The van der Waals surface area contributed by atoms with Gasteiger partial charge in [-0.1, -0.05) is 30.3 Å². The molecular weight excluding hydrogens is 320 g/mol. The first-order chi connectivity index (χ1) is 12.1. The zero-order chi connectivity index (χ0) is 17.6. The van der Waals surface area contributed by atoms with Crippen LogP contribution in [0.5, 0.6) is 0 Å². The number of nitrogens with zero attached hydrogens (tertiary/aromatic N) is 1. The molecule has 25 heavy (non-hydrogen) atoms. The summed E-state index contributed by atoms with van der Waals surface area (Å²) < 4.78 is 10.6. The van der Waals surface area contributed by atoms with E-state index in [1.807, 2.05) is 37.3 Å². The maximum atomic E-state index is 13.0. The number of hydrogen-bond acceptors (Lipinski definition) is 4. The number of amides is 2. The van der Waals surface area contributed by atoms with Crippen molar-refractivity contribution in [3.63, 3.8) is 0 Å². The molecule has 1 aromatic carbocycles. The van der Waals surface area contributed by atoms with Crippen LogP contribution in [-0.4, -0.2) is 48.6 Å². The van der Waals surface area contributed by atoms with E-state index >= 15 is 0 Å². The summed E-state index contributed by atoms with van der Waals surface area (Å²) in [6, 6.07) is 12.2. The van der Waals surface area contributed by atoms with E-state index in [0.29, 0.717) is 26.1 Å². The number of morpholine rings is 1. The quantitative estimate of drug-likeness (QED) is 0.900. The maximum Gasteiger partial charge on any atom is 0.287 e. The Morgan fingerprint density at radius 2 is 2.04 bits per heavy atom. The van der Waals surface area contributed by atoms with Crippen molar-refractivity contribution >= 4 is 11.8 Å². The molecular formula is C19H22N2O4. The molecule has 0 bridgehead atoms. The Morgan fingerprint density at radius 1 is 1.24 bits per heavy atom.